The Bertz CT molecular complexity index is 1190. The summed E-state index contributed by atoms with van der Waals surface area (Å²) in [6.07, 6.45) is 1.72. The first-order valence-corrected chi connectivity index (χ1v) is 10.7. The third-order valence-corrected chi connectivity index (χ3v) is 5.51. The van der Waals surface area contributed by atoms with Crippen LogP contribution in [0.1, 0.15) is 21.5 Å². The maximum atomic E-state index is 12.3. The van der Waals surface area contributed by atoms with Gasteiger partial charge >= 0.3 is 0 Å². The molecule has 3 aromatic rings. The van der Waals surface area contributed by atoms with E-state index in [0.29, 0.717) is 28.6 Å². The number of thioether (sulfide) groups is 1. The molecule has 1 heterocycles. The Hall–Kier alpha value is -3.84. The lowest BCUT2D eigenvalue weighted by atomic mass is 10.2. The zero-order valence-corrected chi connectivity index (χ0v) is 18.1. The topological polar surface area (TPSA) is 77.0 Å². The number of methoxy groups -OCH3 is 1. The highest BCUT2D eigenvalue weighted by atomic mass is 32.2. The maximum Gasteiger partial charge on any atom is 0.279 e. The van der Waals surface area contributed by atoms with E-state index in [9.17, 15) is 9.59 Å². The molecule has 1 fully saturated rings. The van der Waals surface area contributed by atoms with Crippen LogP contribution in [0.5, 0.6) is 11.5 Å². The number of nitrogens with one attached hydrogen (secondary N) is 1. The molecule has 1 N–H and O–H groups in total. The number of aliphatic imine (C=N–C) groups is 1. The number of amides is 2. The second-order valence-electron chi connectivity index (χ2n) is 6.84. The molecule has 1 aliphatic rings. The quantitative estimate of drug-likeness (QED) is 0.559. The zero-order chi connectivity index (χ0) is 22.3. The van der Waals surface area contributed by atoms with Gasteiger partial charge in [0.05, 0.1) is 12.0 Å². The summed E-state index contributed by atoms with van der Waals surface area (Å²) in [6.45, 7) is 0.422. The fourth-order valence-electron chi connectivity index (χ4n) is 3.00. The normalized spacial score (nSPS) is 15.6. The van der Waals surface area contributed by atoms with E-state index in [0.717, 1.165) is 22.9 Å². The largest absolute Gasteiger partial charge is 0.493 e. The molecule has 0 aliphatic carbocycles. The molecule has 3 aromatic carbocycles. The fourth-order valence-corrected chi connectivity index (χ4v) is 3.82. The summed E-state index contributed by atoms with van der Waals surface area (Å²) in [7, 11) is 1.57. The van der Waals surface area contributed by atoms with Gasteiger partial charge in [0, 0.05) is 5.56 Å². The number of carbonyl (C=O) groups is 2. The molecule has 0 radical (unpaired) electrons. The second-order valence-corrected chi connectivity index (χ2v) is 7.87. The van der Waals surface area contributed by atoms with Gasteiger partial charge in [0.2, 0.25) is 0 Å². The van der Waals surface area contributed by atoms with E-state index in [1.54, 1.807) is 49.6 Å². The van der Waals surface area contributed by atoms with Gasteiger partial charge in [0.1, 0.15) is 6.61 Å². The van der Waals surface area contributed by atoms with Crippen molar-refractivity contribution in [2.24, 2.45) is 4.99 Å². The maximum absolute atomic E-state index is 12.3. The van der Waals surface area contributed by atoms with Gasteiger partial charge in [-0.15, -0.1) is 0 Å². The number of hydrogen-bond acceptors (Lipinski definition) is 5. The standard InChI is InChI=1S/C25H20N2O4S/c1-30-21-14-18(12-13-20(21)31-16-17-8-4-2-5-9-17)15-22-24(29)27-25(32-22)26-23(28)19-10-6-3-7-11-19/h2-15H,16H2,1H3,(H,26,27,28,29)/b22-15-. The minimum Gasteiger partial charge on any atom is -0.493 e. The van der Waals surface area contributed by atoms with Crippen LogP contribution >= 0.6 is 11.8 Å². The van der Waals surface area contributed by atoms with E-state index in [1.807, 2.05) is 42.5 Å². The van der Waals surface area contributed by atoms with Crippen molar-refractivity contribution in [2.45, 2.75) is 6.61 Å². The molecule has 0 aromatic heterocycles. The van der Waals surface area contributed by atoms with Crippen LogP contribution in [-0.4, -0.2) is 24.1 Å². The summed E-state index contributed by atoms with van der Waals surface area (Å²) in [5.41, 5.74) is 2.28. The van der Waals surface area contributed by atoms with E-state index in [1.165, 1.54) is 0 Å². The Morgan fingerprint density at radius 1 is 1.00 bits per heavy atom. The first kappa shape index (κ1) is 21.4. The summed E-state index contributed by atoms with van der Waals surface area (Å²) < 4.78 is 11.3. The molecule has 0 unspecified atom stereocenters. The van der Waals surface area contributed by atoms with Crippen molar-refractivity contribution >= 4 is 34.8 Å². The summed E-state index contributed by atoms with van der Waals surface area (Å²) in [4.78, 5) is 29.0. The highest BCUT2D eigenvalue weighted by molar-refractivity contribution is 8.18. The molecule has 7 heteroatoms. The lowest BCUT2D eigenvalue weighted by Crippen LogP contribution is -2.20. The predicted molar refractivity (Wildman–Crippen MR) is 126 cm³/mol. The van der Waals surface area contributed by atoms with Crippen molar-refractivity contribution in [2.75, 3.05) is 7.11 Å². The number of amidine groups is 1. The van der Waals surface area contributed by atoms with Gasteiger partial charge in [-0.1, -0.05) is 54.6 Å². The monoisotopic (exact) mass is 444 g/mol. The molecule has 1 saturated heterocycles. The van der Waals surface area contributed by atoms with Crippen LogP contribution < -0.4 is 14.8 Å². The Morgan fingerprint density at radius 2 is 1.72 bits per heavy atom. The first-order valence-electron chi connectivity index (χ1n) is 9.86. The van der Waals surface area contributed by atoms with Crippen molar-refractivity contribution < 1.29 is 19.1 Å². The molecule has 2 amide bonds. The third-order valence-electron chi connectivity index (χ3n) is 4.60. The first-order chi connectivity index (χ1) is 15.6. The summed E-state index contributed by atoms with van der Waals surface area (Å²) >= 11 is 1.12. The number of nitrogens with zero attached hydrogens (tertiary/aromatic N) is 1. The molecule has 4 rings (SSSR count). The molecule has 0 saturated carbocycles. The van der Waals surface area contributed by atoms with Crippen LogP contribution in [0.4, 0.5) is 0 Å². The average Bonchev–Trinajstić information content (AvgIpc) is 3.17. The summed E-state index contributed by atoms with van der Waals surface area (Å²) in [5.74, 6) is 0.457. The Kier molecular flexibility index (Phi) is 6.67. The van der Waals surface area contributed by atoms with Crippen molar-refractivity contribution in [1.82, 2.24) is 5.32 Å². The fraction of sp³-hybridized carbons (Fsp3) is 0.0800. The van der Waals surface area contributed by atoms with Crippen molar-refractivity contribution in [3.05, 3.63) is 100 Å². The van der Waals surface area contributed by atoms with Crippen LogP contribution in [0, 0.1) is 0 Å². The van der Waals surface area contributed by atoms with Gasteiger partial charge in [0.25, 0.3) is 11.8 Å². The van der Waals surface area contributed by atoms with Gasteiger partial charge in [-0.3, -0.25) is 9.59 Å². The van der Waals surface area contributed by atoms with E-state index < -0.39 is 5.91 Å². The average molecular weight is 445 g/mol. The Labute approximate surface area is 190 Å². The van der Waals surface area contributed by atoms with Gasteiger partial charge in [-0.25, -0.2) is 0 Å². The lowest BCUT2D eigenvalue weighted by molar-refractivity contribution is -0.115. The number of hydrogen-bond donors (Lipinski definition) is 1. The van der Waals surface area contributed by atoms with Gasteiger partial charge < -0.3 is 14.8 Å². The van der Waals surface area contributed by atoms with Gasteiger partial charge in [-0.05, 0) is 53.2 Å². The Balaban J connectivity index is 1.47. The SMILES string of the molecule is COc1cc(/C=C2\SC(=NC(=O)c3ccccc3)NC2=O)ccc1OCc1ccccc1. The van der Waals surface area contributed by atoms with E-state index >= 15 is 0 Å². The molecule has 0 bridgehead atoms. The number of rotatable bonds is 6. The second kappa shape index (κ2) is 9.98. The van der Waals surface area contributed by atoms with Gasteiger partial charge in [0.15, 0.2) is 16.7 Å². The van der Waals surface area contributed by atoms with Crippen LogP contribution in [0.3, 0.4) is 0 Å². The number of ether oxygens (including phenoxy) is 2. The predicted octanol–water partition coefficient (Wildman–Crippen LogP) is 4.67. The minimum absolute atomic E-state index is 0.255. The highest BCUT2D eigenvalue weighted by Crippen LogP contribution is 2.32. The van der Waals surface area contributed by atoms with Crippen molar-refractivity contribution in [3.8, 4) is 11.5 Å². The molecular weight excluding hydrogens is 424 g/mol. The summed E-state index contributed by atoms with van der Waals surface area (Å²) in [6, 6.07) is 24.0. The molecule has 0 atom stereocenters. The molecule has 0 spiro atoms. The number of carbonyl (C=O) groups excluding carboxylic acids is 2. The van der Waals surface area contributed by atoms with E-state index in [4.69, 9.17) is 9.47 Å². The van der Waals surface area contributed by atoms with Crippen LogP contribution in [0.2, 0.25) is 0 Å². The highest BCUT2D eigenvalue weighted by Gasteiger charge is 2.25. The molecular formula is C25H20N2O4S. The van der Waals surface area contributed by atoms with Crippen LogP contribution in [0.25, 0.3) is 6.08 Å². The van der Waals surface area contributed by atoms with Gasteiger partial charge in [-0.2, -0.15) is 4.99 Å². The third kappa shape index (κ3) is 5.25. The smallest absolute Gasteiger partial charge is 0.279 e. The van der Waals surface area contributed by atoms with Crippen molar-refractivity contribution in [3.63, 3.8) is 0 Å². The molecule has 160 valence electrons. The number of benzene rings is 3. The van der Waals surface area contributed by atoms with Crippen LogP contribution in [0.15, 0.2) is 88.8 Å². The zero-order valence-electron chi connectivity index (χ0n) is 17.3. The van der Waals surface area contributed by atoms with E-state index in [2.05, 4.69) is 10.3 Å². The van der Waals surface area contributed by atoms with Crippen LogP contribution in [-0.2, 0) is 11.4 Å². The van der Waals surface area contributed by atoms with E-state index in [-0.39, 0.29) is 11.1 Å². The summed E-state index contributed by atoms with van der Waals surface area (Å²) in [5, 5.41) is 2.89. The molecule has 6 nitrogen and oxygen atoms in total. The van der Waals surface area contributed by atoms with Crippen molar-refractivity contribution in [1.29, 1.82) is 0 Å². The molecule has 1 aliphatic heterocycles. The Morgan fingerprint density at radius 3 is 2.44 bits per heavy atom. The lowest BCUT2D eigenvalue weighted by Gasteiger charge is -2.11. The minimum atomic E-state index is -0.406. The molecule has 32 heavy (non-hydrogen) atoms.